The van der Waals surface area contributed by atoms with E-state index >= 15 is 0 Å². The molecule has 2 nitrogen and oxygen atoms in total. The molecule has 1 aliphatic rings. The Bertz CT molecular complexity index is 314. The molecule has 1 aliphatic carbocycles. The first-order valence-corrected chi connectivity index (χ1v) is 4.28. The number of nitrogens with one attached hydrogen (secondary N) is 1. The van der Waals surface area contributed by atoms with Crippen LogP contribution in [0.4, 0.5) is 0 Å². The minimum absolute atomic E-state index is 0.713. The van der Waals surface area contributed by atoms with Gasteiger partial charge in [0.2, 0.25) is 0 Å². The van der Waals surface area contributed by atoms with Crippen molar-refractivity contribution in [3.8, 4) is 0 Å². The fourth-order valence-electron chi connectivity index (χ4n) is 1.47. The van der Waals surface area contributed by atoms with E-state index in [1.807, 2.05) is 6.07 Å². The second-order valence-electron chi connectivity index (χ2n) is 3.39. The molecule has 1 heterocycles. The van der Waals surface area contributed by atoms with Gasteiger partial charge in [-0.1, -0.05) is 0 Å². The molecule has 2 rings (SSSR count). The molecular formula is C10H12N2. The van der Waals surface area contributed by atoms with Gasteiger partial charge in [0, 0.05) is 29.6 Å². The van der Waals surface area contributed by atoms with E-state index < -0.39 is 0 Å². The van der Waals surface area contributed by atoms with Crippen LogP contribution in [0, 0.1) is 12.3 Å². The third-order valence-corrected chi connectivity index (χ3v) is 2.27. The quantitative estimate of drug-likeness (QED) is 0.662. The molecule has 1 aromatic heterocycles. The lowest BCUT2D eigenvalue weighted by molar-refractivity contribution is 0.994. The second kappa shape index (κ2) is 2.70. The molecule has 12 heavy (non-hydrogen) atoms. The van der Waals surface area contributed by atoms with Crippen LogP contribution in [0.3, 0.4) is 0 Å². The van der Waals surface area contributed by atoms with Gasteiger partial charge in [-0.25, -0.2) is 0 Å². The molecule has 0 atom stereocenters. The summed E-state index contributed by atoms with van der Waals surface area (Å²) in [5.41, 5.74) is 3.37. The number of nitrogens with zero attached hydrogens (tertiary/aromatic N) is 1. The Hall–Kier alpha value is -1.18. The van der Waals surface area contributed by atoms with E-state index in [9.17, 15) is 0 Å². The van der Waals surface area contributed by atoms with Crippen LogP contribution in [0.25, 0.3) is 0 Å². The molecule has 0 aromatic carbocycles. The van der Waals surface area contributed by atoms with Gasteiger partial charge in [-0.05, 0) is 31.4 Å². The Kier molecular flexibility index (Phi) is 1.68. The van der Waals surface area contributed by atoms with Crippen LogP contribution in [0.2, 0.25) is 0 Å². The fourth-order valence-corrected chi connectivity index (χ4v) is 1.47. The van der Waals surface area contributed by atoms with Crippen molar-refractivity contribution in [2.45, 2.75) is 25.7 Å². The molecule has 1 fully saturated rings. The first-order valence-electron chi connectivity index (χ1n) is 4.28. The van der Waals surface area contributed by atoms with Gasteiger partial charge in [0.25, 0.3) is 0 Å². The Labute approximate surface area is 72.2 Å². The van der Waals surface area contributed by atoms with Crippen LogP contribution < -0.4 is 0 Å². The second-order valence-corrected chi connectivity index (χ2v) is 3.39. The van der Waals surface area contributed by atoms with Crippen LogP contribution in [-0.4, -0.2) is 11.2 Å². The molecule has 62 valence electrons. The van der Waals surface area contributed by atoms with Gasteiger partial charge >= 0.3 is 0 Å². The zero-order valence-corrected chi connectivity index (χ0v) is 7.17. The molecule has 1 aromatic rings. The standard InChI is InChI=1S/C10H12N2/c1-7-4-8(5-11)6-12-10(7)9-2-3-9/h4-6,9,11H,2-3H2,1H3. The minimum Gasteiger partial charge on any atom is -0.308 e. The summed E-state index contributed by atoms with van der Waals surface area (Å²) in [6.45, 7) is 2.08. The van der Waals surface area contributed by atoms with Crippen LogP contribution in [0.15, 0.2) is 12.3 Å². The number of hydrogen-bond donors (Lipinski definition) is 1. The highest BCUT2D eigenvalue weighted by Gasteiger charge is 2.26. The molecule has 1 N–H and O–H groups in total. The van der Waals surface area contributed by atoms with Crippen molar-refractivity contribution >= 4 is 6.21 Å². The molecule has 0 bridgehead atoms. The maximum atomic E-state index is 7.07. The van der Waals surface area contributed by atoms with Crippen molar-refractivity contribution in [1.82, 2.24) is 4.98 Å². The summed E-state index contributed by atoms with van der Waals surface area (Å²) in [6.07, 6.45) is 5.71. The van der Waals surface area contributed by atoms with Gasteiger partial charge in [-0.3, -0.25) is 4.98 Å². The van der Waals surface area contributed by atoms with E-state index in [2.05, 4.69) is 11.9 Å². The summed E-state index contributed by atoms with van der Waals surface area (Å²) in [4.78, 5) is 4.36. The van der Waals surface area contributed by atoms with Crippen LogP contribution in [-0.2, 0) is 0 Å². The summed E-state index contributed by atoms with van der Waals surface area (Å²) >= 11 is 0. The number of hydrogen-bond acceptors (Lipinski definition) is 2. The van der Waals surface area contributed by atoms with E-state index in [0.717, 1.165) is 5.56 Å². The summed E-state index contributed by atoms with van der Waals surface area (Å²) in [5, 5.41) is 7.07. The first-order chi connectivity index (χ1) is 5.81. The summed E-state index contributed by atoms with van der Waals surface area (Å²) < 4.78 is 0. The summed E-state index contributed by atoms with van der Waals surface area (Å²) in [6, 6.07) is 2.04. The van der Waals surface area contributed by atoms with E-state index in [1.54, 1.807) is 6.20 Å². The normalized spacial score (nSPS) is 16.1. The molecular weight excluding hydrogens is 148 g/mol. The Morgan fingerprint density at radius 1 is 1.58 bits per heavy atom. The monoisotopic (exact) mass is 160 g/mol. The highest BCUT2D eigenvalue weighted by molar-refractivity contribution is 5.76. The van der Waals surface area contributed by atoms with E-state index in [-0.39, 0.29) is 0 Å². The average molecular weight is 160 g/mol. The zero-order valence-electron chi connectivity index (χ0n) is 7.17. The van der Waals surface area contributed by atoms with E-state index in [0.29, 0.717) is 5.92 Å². The number of pyridine rings is 1. The highest BCUT2D eigenvalue weighted by Crippen LogP contribution is 2.40. The van der Waals surface area contributed by atoms with Crippen molar-refractivity contribution in [2.75, 3.05) is 0 Å². The van der Waals surface area contributed by atoms with E-state index in [4.69, 9.17) is 5.41 Å². The van der Waals surface area contributed by atoms with Gasteiger partial charge in [0.1, 0.15) is 0 Å². The molecule has 0 unspecified atom stereocenters. The third-order valence-electron chi connectivity index (χ3n) is 2.27. The van der Waals surface area contributed by atoms with Crippen LogP contribution in [0.5, 0.6) is 0 Å². The molecule has 0 saturated heterocycles. The number of aromatic nitrogens is 1. The van der Waals surface area contributed by atoms with Crippen molar-refractivity contribution in [3.63, 3.8) is 0 Å². The molecule has 0 amide bonds. The van der Waals surface area contributed by atoms with Crippen molar-refractivity contribution in [3.05, 3.63) is 29.1 Å². The predicted molar refractivity (Wildman–Crippen MR) is 48.8 cm³/mol. The lowest BCUT2D eigenvalue weighted by Gasteiger charge is -2.02. The highest BCUT2D eigenvalue weighted by atomic mass is 14.7. The van der Waals surface area contributed by atoms with Gasteiger partial charge in [0.05, 0.1) is 0 Å². The molecule has 2 heteroatoms. The predicted octanol–water partition coefficient (Wildman–Crippen LogP) is 2.27. The summed E-state index contributed by atoms with van der Waals surface area (Å²) in [5.74, 6) is 0.713. The van der Waals surface area contributed by atoms with Gasteiger partial charge in [0.15, 0.2) is 0 Å². The molecule has 0 radical (unpaired) electrons. The van der Waals surface area contributed by atoms with Gasteiger partial charge in [-0.15, -0.1) is 0 Å². The van der Waals surface area contributed by atoms with Gasteiger partial charge < -0.3 is 5.41 Å². The van der Waals surface area contributed by atoms with Crippen molar-refractivity contribution in [1.29, 1.82) is 5.41 Å². The topological polar surface area (TPSA) is 36.7 Å². The van der Waals surface area contributed by atoms with E-state index in [1.165, 1.54) is 30.3 Å². The fraction of sp³-hybridized carbons (Fsp3) is 0.400. The summed E-state index contributed by atoms with van der Waals surface area (Å²) in [7, 11) is 0. The maximum Gasteiger partial charge on any atom is 0.0464 e. The third kappa shape index (κ3) is 1.24. The Morgan fingerprint density at radius 3 is 2.83 bits per heavy atom. The van der Waals surface area contributed by atoms with Crippen molar-refractivity contribution < 1.29 is 0 Å². The minimum atomic E-state index is 0.713. The number of aryl methyl sites for hydroxylation is 1. The number of rotatable bonds is 2. The first kappa shape index (κ1) is 7.47. The Balaban J connectivity index is 2.38. The Morgan fingerprint density at radius 2 is 2.33 bits per heavy atom. The molecule has 0 aliphatic heterocycles. The average Bonchev–Trinajstić information content (AvgIpc) is 2.87. The molecule has 0 spiro atoms. The van der Waals surface area contributed by atoms with Gasteiger partial charge in [-0.2, -0.15) is 0 Å². The largest absolute Gasteiger partial charge is 0.308 e. The lowest BCUT2D eigenvalue weighted by atomic mass is 10.1. The lowest BCUT2D eigenvalue weighted by Crippen LogP contribution is -1.93. The smallest absolute Gasteiger partial charge is 0.0464 e. The molecule has 1 saturated carbocycles. The van der Waals surface area contributed by atoms with Crippen LogP contribution >= 0.6 is 0 Å². The maximum absolute atomic E-state index is 7.07. The zero-order chi connectivity index (χ0) is 8.55. The SMILES string of the molecule is Cc1cc(C=N)cnc1C1CC1. The van der Waals surface area contributed by atoms with Crippen molar-refractivity contribution in [2.24, 2.45) is 0 Å². The van der Waals surface area contributed by atoms with Crippen LogP contribution in [0.1, 0.15) is 35.6 Å².